The van der Waals surface area contributed by atoms with Gasteiger partial charge in [-0.25, -0.2) is 4.79 Å². The van der Waals surface area contributed by atoms with Gasteiger partial charge >= 0.3 is 6.09 Å². The van der Waals surface area contributed by atoms with Crippen LogP contribution in [0.2, 0.25) is 0 Å². The van der Waals surface area contributed by atoms with E-state index < -0.39 is 5.60 Å². The van der Waals surface area contributed by atoms with Gasteiger partial charge in [-0.05, 0) is 39.5 Å². The number of rotatable bonds is 0. The molecule has 1 heterocycles. The highest BCUT2D eigenvalue weighted by molar-refractivity contribution is 5.68. The number of hydrogen-bond acceptors (Lipinski definition) is 3. The topological polar surface area (TPSA) is 49.8 Å². The van der Waals surface area contributed by atoms with Crippen LogP contribution >= 0.6 is 0 Å². The van der Waals surface area contributed by atoms with E-state index in [4.69, 9.17) is 4.74 Å². The van der Waals surface area contributed by atoms with Crippen LogP contribution in [0.1, 0.15) is 33.6 Å². The van der Waals surface area contributed by atoms with Crippen molar-refractivity contribution >= 4 is 6.09 Å². The highest BCUT2D eigenvalue weighted by Crippen LogP contribution is 2.38. The first kappa shape index (κ1) is 11.7. The van der Waals surface area contributed by atoms with Crippen LogP contribution in [0.25, 0.3) is 0 Å². The van der Waals surface area contributed by atoms with E-state index in [9.17, 15) is 9.90 Å². The van der Waals surface area contributed by atoms with Gasteiger partial charge in [0.15, 0.2) is 0 Å². The van der Waals surface area contributed by atoms with Crippen LogP contribution in [0.4, 0.5) is 4.79 Å². The van der Waals surface area contributed by atoms with Crippen molar-refractivity contribution in [3.63, 3.8) is 0 Å². The maximum Gasteiger partial charge on any atom is 0.410 e. The summed E-state index contributed by atoms with van der Waals surface area (Å²) in [5, 5.41) is 9.75. The van der Waals surface area contributed by atoms with Crippen LogP contribution in [-0.2, 0) is 4.74 Å². The number of nitrogens with zero attached hydrogens (tertiary/aromatic N) is 1. The van der Waals surface area contributed by atoms with Gasteiger partial charge in [0.05, 0.1) is 6.10 Å². The highest BCUT2D eigenvalue weighted by Gasteiger charge is 2.44. The lowest BCUT2D eigenvalue weighted by Gasteiger charge is -2.25. The summed E-state index contributed by atoms with van der Waals surface area (Å²) >= 11 is 0. The van der Waals surface area contributed by atoms with Crippen LogP contribution in [0.5, 0.6) is 0 Å². The Balaban J connectivity index is 1.92. The van der Waals surface area contributed by atoms with Crippen molar-refractivity contribution in [2.24, 2.45) is 11.8 Å². The molecule has 1 N–H and O–H groups in total. The maximum absolute atomic E-state index is 11.8. The Morgan fingerprint density at radius 3 is 2.56 bits per heavy atom. The Kier molecular flexibility index (Phi) is 2.86. The monoisotopic (exact) mass is 227 g/mol. The van der Waals surface area contributed by atoms with E-state index in [1.165, 1.54) is 0 Å². The lowest BCUT2D eigenvalue weighted by atomic mass is 10.00. The van der Waals surface area contributed by atoms with E-state index in [-0.39, 0.29) is 18.1 Å². The Hall–Kier alpha value is -0.770. The molecule has 0 spiro atoms. The van der Waals surface area contributed by atoms with Crippen molar-refractivity contribution in [3.05, 3.63) is 0 Å². The van der Waals surface area contributed by atoms with Crippen molar-refractivity contribution < 1.29 is 14.6 Å². The van der Waals surface area contributed by atoms with Crippen LogP contribution in [-0.4, -0.2) is 40.9 Å². The van der Waals surface area contributed by atoms with Gasteiger partial charge < -0.3 is 14.7 Å². The molecule has 1 saturated heterocycles. The van der Waals surface area contributed by atoms with Gasteiger partial charge in [-0.2, -0.15) is 0 Å². The minimum Gasteiger partial charge on any atom is -0.444 e. The third-order valence-corrected chi connectivity index (χ3v) is 3.47. The normalized spacial score (nSPS) is 34.0. The minimum atomic E-state index is -0.437. The SMILES string of the molecule is CC(C)(C)OC(=O)N1C[C@@H]2CC[C@H](O)[C@@H]2C1. The molecule has 0 radical (unpaired) electrons. The first-order chi connectivity index (χ1) is 7.37. The van der Waals surface area contributed by atoms with E-state index in [1.807, 2.05) is 20.8 Å². The van der Waals surface area contributed by atoms with Gasteiger partial charge in [0, 0.05) is 19.0 Å². The zero-order chi connectivity index (χ0) is 11.9. The van der Waals surface area contributed by atoms with Crippen LogP contribution < -0.4 is 0 Å². The second-order valence-corrected chi connectivity index (χ2v) is 5.95. The summed E-state index contributed by atoms with van der Waals surface area (Å²) in [5.74, 6) is 0.745. The van der Waals surface area contributed by atoms with E-state index in [1.54, 1.807) is 4.90 Å². The molecule has 1 aliphatic heterocycles. The molecule has 92 valence electrons. The summed E-state index contributed by atoms with van der Waals surface area (Å²) in [4.78, 5) is 13.6. The molecule has 0 bridgehead atoms. The lowest BCUT2D eigenvalue weighted by molar-refractivity contribution is 0.0263. The third-order valence-electron chi connectivity index (χ3n) is 3.47. The number of likely N-dealkylation sites (tertiary alicyclic amines) is 1. The summed E-state index contributed by atoms with van der Waals surface area (Å²) in [6.07, 6.45) is 1.45. The summed E-state index contributed by atoms with van der Waals surface area (Å²) in [6, 6.07) is 0. The number of carbonyl (C=O) groups is 1. The van der Waals surface area contributed by atoms with Crippen LogP contribution in [0.15, 0.2) is 0 Å². The molecule has 1 aliphatic carbocycles. The minimum absolute atomic E-state index is 0.225. The molecule has 0 aromatic carbocycles. The number of ether oxygens (including phenoxy) is 1. The molecule has 3 atom stereocenters. The molecule has 0 unspecified atom stereocenters. The van der Waals surface area contributed by atoms with Gasteiger partial charge in [-0.1, -0.05) is 0 Å². The average molecular weight is 227 g/mol. The molecule has 4 heteroatoms. The third kappa shape index (κ3) is 2.32. The number of hydrogen-bond donors (Lipinski definition) is 1. The Labute approximate surface area is 96.6 Å². The molecule has 2 rings (SSSR count). The predicted octanol–water partition coefficient (Wildman–Crippen LogP) is 1.62. The first-order valence-corrected chi connectivity index (χ1v) is 6.03. The first-order valence-electron chi connectivity index (χ1n) is 6.03. The second-order valence-electron chi connectivity index (χ2n) is 5.95. The Bertz CT molecular complexity index is 284. The Morgan fingerprint density at radius 1 is 1.31 bits per heavy atom. The standard InChI is InChI=1S/C12H21NO3/c1-12(2,3)16-11(15)13-6-8-4-5-10(14)9(8)7-13/h8-10,14H,4-7H2,1-3H3/t8-,9+,10-/m0/s1. The van der Waals surface area contributed by atoms with Gasteiger partial charge in [-0.15, -0.1) is 0 Å². The molecular formula is C12H21NO3. The zero-order valence-electron chi connectivity index (χ0n) is 10.3. The summed E-state index contributed by atoms with van der Waals surface area (Å²) in [5.41, 5.74) is -0.437. The number of amides is 1. The molecular weight excluding hydrogens is 206 g/mol. The lowest BCUT2D eigenvalue weighted by Crippen LogP contribution is -2.36. The summed E-state index contributed by atoms with van der Waals surface area (Å²) in [7, 11) is 0. The fraction of sp³-hybridized carbons (Fsp3) is 0.917. The Morgan fingerprint density at radius 2 is 2.00 bits per heavy atom. The fourth-order valence-electron chi connectivity index (χ4n) is 2.71. The molecule has 1 saturated carbocycles. The largest absolute Gasteiger partial charge is 0.444 e. The van der Waals surface area contributed by atoms with Gasteiger partial charge in [-0.3, -0.25) is 0 Å². The van der Waals surface area contributed by atoms with Crippen molar-refractivity contribution in [1.29, 1.82) is 0 Å². The maximum atomic E-state index is 11.8. The van der Waals surface area contributed by atoms with Crippen molar-refractivity contribution in [3.8, 4) is 0 Å². The smallest absolute Gasteiger partial charge is 0.410 e. The number of aliphatic hydroxyl groups is 1. The summed E-state index contributed by atoms with van der Waals surface area (Å²) in [6.45, 7) is 7.02. The van der Waals surface area contributed by atoms with E-state index in [2.05, 4.69) is 0 Å². The van der Waals surface area contributed by atoms with E-state index in [0.717, 1.165) is 19.4 Å². The van der Waals surface area contributed by atoms with Gasteiger partial charge in [0.25, 0.3) is 0 Å². The van der Waals surface area contributed by atoms with E-state index >= 15 is 0 Å². The average Bonchev–Trinajstić information content (AvgIpc) is 2.65. The predicted molar refractivity (Wildman–Crippen MR) is 60.0 cm³/mol. The van der Waals surface area contributed by atoms with Gasteiger partial charge in [0.1, 0.15) is 5.60 Å². The molecule has 0 aromatic heterocycles. The fourth-order valence-corrected chi connectivity index (χ4v) is 2.71. The molecule has 16 heavy (non-hydrogen) atoms. The second kappa shape index (κ2) is 3.91. The molecule has 0 aromatic rings. The number of carbonyl (C=O) groups excluding carboxylic acids is 1. The molecule has 4 nitrogen and oxygen atoms in total. The van der Waals surface area contributed by atoms with Crippen LogP contribution in [0, 0.1) is 11.8 Å². The van der Waals surface area contributed by atoms with Crippen molar-refractivity contribution in [1.82, 2.24) is 4.90 Å². The summed E-state index contributed by atoms with van der Waals surface area (Å²) < 4.78 is 5.33. The van der Waals surface area contributed by atoms with E-state index in [0.29, 0.717) is 12.5 Å². The quantitative estimate of drug-likeness (QED) is 0.684. The number of fused-ring (bicyclic) bond motifs is 1. The van der Waals surface area contributed by atoms with Crippen molar-refractivity contribution in [2.45, 2.75) is 45.3 Å². The van der Waals surface area contributed by atoms with Crippen molar-refractivity contribution in [2.75, 3.05) is 13.1 Å². The highest BCUT2D eigenvalue weighted by atomic mass is 16.6. The zero-order valence-corrected chi connectivity index (χ0v) is 10.3. The van der Waals surface area contributed by atoms with Gasteiger partial charge in [0.2, 0.25) is 0 Å². The molecule has 1 amide bonds. The molecule has 2 fully saturated rings. The van der Waals surface area contributed by atoms with Crippen LogP contribution in [0.3, 0.4) is 0 Å². The number of aliphatic hydroxyl groups excluding tert-OH is 1. The molecule has 2 aliphatic rings.